The zero-order valence-corrected chi connectivity index (χ0v) is 14.5. The normalized spacial score (nSPS) is 11.7. The Bertz CT molecular complexity index is 889. The van der Waals surface area contributed by atoms with Crippen LogP contribution in [0.5, 0.6) is 0 Å². The highest BCUT2D eigenvalue weighted by molar-refractivity contribution is 5.95. The first-order chi connectivity index (χ1) is 13.1. The number of carboxylic acid groups (broad SMARTS) is 1. The Balaban J connectivity index is 1.58. The number of hydrogen-bond donors (Lipinski definition) is 2. The van der Waals surface area contributed by atoms with Crippen molar-refractivity contribution in [2.45, 2.75) is 12.6 Å². The van der Waals surface area contributed by atoms with Crippen LogP contribution in [0.25, 0.3) is 11.1 Å². The molecular weight excluding hydrogens is 346 g/mol. The van der Waals surface area contributed by atoms with E-state index in [1.807, 2.05) is 60.7 Å². The van der Waals surface area contributed by atoms with Gasteiger partial charge in [0.25, 0.3) is 5.91 Å². The van der Waals surface area contributed by atoms with Crippen LogP contribution in [0.4, 0.5) is 0 Å². The maximum absolute atomic E-state index is 12.3. The lowest BCUT2D eigenvalue weighted by Crippen LogP contribution is -2.43. The van der Waals surface area contributed by atoms with E-state index in [9.17, 15) is 14.7 Å². The van der Waals surface area contributed by atoms with Crippen LogP contribution in [0.3, 0.4) is 0 Å². The van der Waals surface area contributed by atoms with Gasteiger partial charge in [0.2, 0.25) is 0 Å². The number of ether oxygens (including phenoxy) is 1. The van der Waals surface area contributed by atoms with Crippen LogP contribution in [0.2, 0.25) is 0 Å². The zero-order valence-electron chi connectivity index (χ0n) is 14.5. The van der Waals surface area contributed by atoms with Crippen molar-refractivity contribution in [1.82, 2.24) is 5.32 Å². The van der Waals surface area contributed by atoms with E-state index in [2.05, 4.69) is 5.32 Å². The molecule has 138 valence electrons. The van der Waals surface area contributed by atoms with Crippen molar-refractivity contribution in [3.63, 3.8) is 0 Å². The molecule has 27 heavy (non-hydrogen) atoms. The lowest BCUT2D eigenvalue weighted by molar-refractivity contribution is -0.141. The summed E-state index contributed by atoms with van der Waals surface area (Å²) in [4.78, 5) is 23.7. The number of furan rings is 1. The molecule has 6 nitrogen and oxygen atoms in total. The van der Waals surface area contributed by atoms with Gasteiger partial charge in [-0.3, -0.25) is 4.79 Å². The van der Waals surface area contributed by atoms with Gasteiger partial charge in [0.05, 0.1) is 19.5 Å². The van der Waals surface area contributed by atoms with Crippen molar-refractivity contribution in [3.05, 3.63) is 84.3 Å². The molecule has 0 aliphatic heterocycles. The number of nitrogens with one attached hydrogen (secondary N) is 1. The van der Waals surface area contributed by atoms with E-state index in [0.29, 0.717) is 0 Å². The van der Waals surface area contributed by atoms with Gasteiger partial charge in [-0.1, -0.05) is 60.7 Å². The van der Waals surface area contributed by atoms with E-state index in [1.165, 1.54) is 6.26 Å². The van der Waals surface area contributed by atoms with Gasteiger partial charge in [-0.25, -0.2) is 4.79 Å². The molecule has 1 aromatic heterocycles. The average Bonchev–Trinajstić information content (AvgIpc) is 3.19. The van der Waals surface area contributed by atoms with Crippen molar-refractivity contribution in [3.8, 4) is 11.1 Å². The second kappa shape index (κ2) is 8.82. The minimum Gasteiger partial charge on any atom is -0.480 e. The summed E-state index contributed by atoms with van der Waals surface area (Å²) in [7, 11) is 0. The first-order valence-corrected chi connectivity index (χ1v) is 8.43. The Morgan fingerprint density at radius 2 is 1.67 bits per heavy atom. The van der Waals surface area contributed by atoms with E-state index in [4.69, 9.17) is 9.15 Å². The molecule has 1 atom stereocenters. The molecule has 1 heterocycles. The maximum atomic E-state index is 12.3. The minimum absolute atomic E-state index is 0.0446. The molecule has 0 bridgehead atoms. The lowest BCUT2D eigenvalue weighted by atomic mass is 10.1. The van der Waals surface area contributed by atoms with Crippen molar-refractivity contribution < 1.29 is 23.8 Å². The predicted octanol–water partition coefficient (Wildman–Crippen LogP) is 3.35. The largest absolute Gasteiger partial charge is 0.480 e. The van der Waals surface area contributed by atoms with E-state index in [1.54, 1.807) is 6.07 Å². The van der Waals surface area contributed by atoms with E-state index >= 15 is 0 Å². The summed E-state index contributed by atoms with van der Waals surface area (Å²) in [6.45, 7) is 0.113. The molecule has 1 amide bonds. The molecule has 0 unspecified atom stereocenters. The summed E-state index contributed by atoms with van der Waals surface area (Å²) in [6.07, 6.45) is 1.46. The second-order valence-electron chi connectivity index (χ2n) is 5.93. The van der Waals surface area contributed by atoms with Gasteiger partial charge in [-0.2, -0.15) is 0 Å². The Labute approximate surface area is 156 Å². The minimum atomic E-state index is -1.17. The number of carbonyl (C=O) groups is 2. The standard InChI is InChI=1S/C21H19NO5/c23-20(19-11-17(13-27-19)16-9-5-2-6-10-16)22-18(21(24)25)14-26-12-15-7-3-1-4-8-15/h1-11,13,18H,12,14H2,(H,22,23)(H,24,25)/t18-/m0/s1. The van der Waals surface area contributed by atoms with Crippen molar-refractivity contribution in [1.29, 1.82) is 0 Å². The molecule has 6 heteroatoms. The van der Waals surface area contributed by atoms with Crippen LogP contribution in [-0.2, 0) is 16.1 Å². The molecule has 2 N–H and O–H groups in total. The Hall–Kier alpha value is -3.38. The van der Waals surface area contributed by atoms with E-state index in [0.717, 1.165) is 16.7 Å². The Morgan fingerprint density at radius 1 is 1.00 bits per heavy atom. The van der Waals surface area contributed by atoms with Crippen LogP contribution in [0.1, 0.15) is 16.1 Å². The third-order valence-electron chi connectivity index (χ3n) is 3.93. The molecule has 0 radical (unpaired) electrons. The van der Waals surface area contributed by atoms with Gasteiger partial charge in [-0.05, 0) is 17.2 Å². The number of hydrogen-bond acceptors (Lipinski definition) is 4. The second-order valence-corrected chi connectivity index (χ2v) is 5.93. The van der Waals surface area contributed by atoms with Crippen molar-refractivity contribution >= 4 is 11.9 Å². The Kier molecular flexibility index (Phi) is 6.02. The van der Waals surface area contributed by atoms with Crippen LogP contribution in [-0.4, -0.2) is 29.6 Å². The quantitative estimate of drug-likeness (QED) is 0.639. The third kappa shape index (κ3) is 5.05. The molecule has 0 saturated heterocycles. The smallest absolute Gasteiger partial charge is 0.328 e. The maximum Gasteiger partial charge on any atom is 0.328 e. The lowest BCUT2D eigenvalue weighted by Gasteiger charge is -2.14. The van der Waals surface area contributed by atoms with Gasteiger partial charge >= 0.3 is 5.97 Å². The van der Waals surface area contributed by atoms with Gasteiger partial charge in [0.15, 0.2) is 11.8 Å². The first-order valence-electron chi connectivity index (χ1n) is 8.43. The number of rotatable bonds is 8. The fraction of sp³-hybridized carbons (Fsp3) is 0.143. The fourth-order valence-electron chi connectivity index (χ4n) is 2.51. The predicted molar refractivity (Wildman–Crippen MR) is 99.1 cm³/mol. The summed E-state index contributed by atoms with van der Waals surface area (Å²) in [5.41, 5.74) is 2.57. The monoisotopic (exact) mass is 365 g/mol. The van der Waals surface area contributed by atoms with Crippen molar-refractivity contribution in [2.75, 3.05) is 6.61 Å². The summed E-state index contributed by atoms with van der Waals surface area (Å²) < 4.78 is 10.7. The highest BCUT2D eigenvalue weighted by Gasteiger charge is 2.23. The summed E-state index contributed by atoms with van der Waals surface area (Å²) in [5, 5.41) is 11.8. The van der Waals surface area contributed by atoms with Gasteiger partial charge < -0.3 is 19.6 Å². The highest BCUT2D eigenvalue weighted by atomic mass is 16.5. The SMILES string of the molecule is O=C(N[C@@H](COCc1ccccc1)C(=O)O)c1cc(-c2ccccc2)co1. The summed E-state index contributed by atoms with van der Waals surface area (Å²) >= 11 is 0. The fourth-order valence-corrected chi connectivity index (χ4v) is 2.51. The molecule has 0 spiro atoms. The van der Waals surface area contributed by atoms with E-state index in [-0.39, 0.29) is 19.0 Å². The molecule has 0 aliphatic rings. The van der Waals surface area contributed by atoms with Gasteiger partial charge in [0, 0.05) is 5.56 Å². The summed E-state index contributed by atoms with van der Waals surface area (Å²) in [5.74, 6) is -1.73. The summed E-state index contributed by atoms with van der Waals surface area (Å²) in [6, 6.07) is 19.2. The topological polar surface area (TPSA) is 88.8 Å². The van der Waals surface area contributed by atoms with Gasteiger partial charge in [-0.15, -0.1) is 0 Å². The van der Waals surface area contributed by atoms with E-state index < -0.39 is 17.9 Å². The van der Waals surface area contributed by atoms with Crippen LogP contribution in [0, 0.1) is 0 Å². The van der Waals surface area contributed by atoms with Crippen LogP contribution < -0.4 is 5.32 Å². The number of carboxylic acids is 1. The van der Waals surface area contributed by atoms with Crippen molar-refractivity contribution in [2.24, 2.45) is 0 Å². The first kappa shape index (κ1) is 18.4. The molecule has 3 rings (SSSR count). The van der Waals surface area contributed by atoms with Gasteiger partial charge in [0.1, 0.15) is 0 Å². The highest BCUT2D eigenvalue weighted by Crippen LogP contribution is 2.21. The number of amides is 1. The number of benzene rings is 2. The molecule has 3 aromatic rings. The van der Waals surface area contributed by atoms with Crippen LogP contribution in [0.15, 0.2) is 77.4 Å². The molecule has 2 aromatic carbocycles. The molecule has 0 fully saturated rings. The number of aliphatic carboxylic acids is 1. The molecular formula is C21H19NO5. The third-order valence-corrected chi connectivity index (χ3v) is 3.93. The molecule has 0 saturated carbocycles. The Morgan fingerprint density at radius 3 is 2.33 bits per heavy atom. The van der Waals surface area contributed by atoms with Crippen LogP contribution >= 0.6 is 0 Å². The number of carbonyl (C=O) groups excluding carboxylic acids is 1. The zero-order chi connectivity index (χ0) is 19.1. The average molecular weight is 365 g/mol. The molecule has 0 aliphatic carbocycles.